The second kappa shape index (κ2) is 6.51. The Kier molecular flexibility index (Phi) is 4.27. The molecular weight excluding hydrogens is 282 g/mol. The van der Waals surface area contributed by atoms with Crippen molar-refractivity contribution in [1.82, 2.24) is 14.5 Å². The van der Waals surface area contributed by atoms with E-state index in [1.54, 1.807) is 17.4 Å². The molecule has 1 aliphatic rings. The van der Waals surface area contributed by atoms with Crippen LogP contribution in [0.3, 0.4) is 0 Å². The van der Waals surface area contributed by atoms with Crippen LogP contribution < -0.4 is 9.47 Å². The average molecular weight is 301 g/mol. The van der Waals surface area contributed by atoms with Crippen LogP contribution in [0.1, 0.15) is 12.6 Å². The zero-order valence-electron chi connectivity index (χ0n) is 12.6. The van der Waals surface area contributed by atoms with Gasteiger partial charge in [-0.3, -0.25) is 4.79 Å². The lowest BCUT2D eigenvalue weighted by molar-refractivity contribution is -0.134. The van der Waals surface area contributed by atoms with Gasteiger partial charge in [-0.2, -0.15) is 0 Å². The third-order valence-corrected chi connectivity index (χ3v) is 3.61. The molecular formula is C16H19N3O3. The zero-order valence-corrected chi connectivity index (χ0v) is 12.6. The first-order valence-electron chi connectivity index (χ1n) is 7.38. The molecule has 0 unspecified atom stereocenters. The van der Waals surface area contributed by atoms with Crippen molar-refractivity contribution in [2.24, 2.45) is 0 Å². The SMILES string of the molecule is CCOc1ccc(OCC(=O)N2CCn3cncc3C2)cc1. The van der Waals surface area contributed by atoms with Crippen LogP contribution in [0.5, 0.6) is 11.5 Å². The number of fused-ring (bicyclic) bond motifs is 1. The molecule has 1 aromatic carbocycles. The maximum Gasteiger partial charge on any atom is 0.260 e. The zero-order chi connectivity index (χ0) is 15.4. The number of carbonyl (C=O) groups excluding carboxylic acids is 1. The lowest BCUT2D eigenvalue weighted by Gasteiger charge is -2.28. The van der Waals surface area contributed by atoms with Gasteiger partial charge in [0.1, 0.15) is 11.5 Å². The molecule has 0 N–H and O–H groups in total. The Labute approximate surface area is 129 Å². The highest BCUT2D eigenvalue weighted by molar-refractivity contribution is 5.77. The van der Waals surface area contributed by atoms with Crippen LogP contribution in [0.25, 0.3) is 0 Å². The summed E-state index contributed by atoms with van der Waals surface area (Å²) in [6.07, 6.45) is 3.60. The van der Waals surface area contributed by atoms with E-state index in [1.807, 2.05) is 31.2 Å². The predicted octanol–water partition coefficient (Wildman–Crippen LogP) is 1.70. The molecule has 1 aromatic heterocycles. The molecule has 22 heavy (non-hydrogen) atoms. The van der Waals surface area contributed by atoms with Crippen LogP contribution in [0.4, 0.5) is 0 Å². The van der Waals surface area contributed by atoms with Crippen LogP contribution in [-0.2, 0) is 17.9 Å². The van der Waals surface area contributed by atoms with Gasteiger partial charge in [0.25, 0.3) is 5.91 Å². The van der Waals surface area contributed by atoms with Gasteiger partial charge in [0, 0.05) is 19.3 Å². The summed E-state index contributed by atoms with van der Waals surface area (Å²) in [6, 6.07) is 7.29. The summed E-state index contributed by atoms with van der Waals surface area (Å²) in [6.45, 7) is 4.67. The van der Waals surface area contributed by atoms with E-state index in [0.29, 0.717) is 25.4 Å². The largest absolute Gasteiger partial charge is 0.494 e. The van der Waals surface area contributed by atoms with Crippen LogP contribution >= 0.6 is 0 Å². The van der Waals surface area contributed by atoms with Crippen LogP contribution in [0.15, 0.2) is 36.8 Å². The number of carbonyl (C=O) groups is 1. The third kappa shape index (κ3) is 3.21. The lowest BCUT2D eigenvalue weighted by atomic mass is 10.3. The molecule has 0 saturated heterocycles. The van der Waals surface area contributed by atoms with Gasteiger partial charge >= 0.3 is 0 Å². The number of rotatable bonds is 5. The molecule has 2 heterocycles. The first-order chi connectivity index (χ1) is 10.8. The fourth-order valence-electron chi connectivity index (χ4n) is 2.43. The molecule has 6 nitrogen and oxygen atoms in total. The molecule has 0 spiro atoms. The Morgan fingerprint density at radius 2 is 1.91 bits per heavy atom. The minimum Gasteiger partial charge on any atom is -0.494 e. The average Bonchev–Trinajstić information content (AvgIpc) is 3.01. The summed E-state index contributed by atoms with van der Waals surface area (Å²) >= 11 is 0. The Balaban J connectivity index is 1.52. The molecule has 6 heteroatoms. The maximum atomic E-state index is 12.2. The van der Waals surface area contributed by atoms with Crippen molar-refractivity contribution in [3.8, 4) is 11.5 Å². The molecule has 0 saturated carbocycles. The Bertz CT molecular complexity index is 636. The van der Waals surface area contributed by atoms with Gasteiger partial charge in [-0.15, -0.1) is 0 Å². The molecule has 0 radical (unpaired) electrons. The minimum atomic E-state index is -0.0127. The van der Waals surface area contributed by atoms with Crippen molar-refractivity contribution < 1.29 is 14.3 Å². The van der Waals surface area contributed by atoms with Crippen molar-refractivity contribution in [2.45, 2.75) is 20.0 Å². The second-order valence-corrected chi connectivity index (χ2v) is 5.09. The number of benzene rings is 1. The summed E-state index contributed by atoms with van der Waals surface area (Å²) in [5.41, 5.74) is 1.06. The van der Waals surface area contributed by atoms with Crippen molar-refractivity contribution in [3.63, 3.8) is 0 Å². The number of ether oxygens (including phenoxy) is 2. The Morgan fingerprint density at radius 3 is 2.64 bits per heavy atom. The fraction of sp³-hybridized carbons (Fsp3) is 0.375. The van der Waals surface area contributed by atoms with Gasteiger partial charge < -0.3 is 18.9 Å². The van der Waals surface area contributed by atoms with Crippen LogP contribution in [0, 0.1) is 0 Å². The minimum absolute atomic E-state index is 0.0127. The molecule has 0 atom stereocenters. The Morgan fingerprint density at radius 1 is 1.18 bits per heavy atom. The van der Waals surface area contributed by atoms with E-state index in [9.17, 15) is 4.79 Å². The van der Waals surface area contributed by atoms with Gasteiger partial charge in [-0.25, -0.2) is 4.98 Å². The van der Waals surface area contributed by atoms with Crippen LogP contribution in [0.2, 0.25) is 0 Å². The van der Waals surface area contributed by atoms with E-state index < -0.39 is 0 Å². The highest BCUT2D eigenvalue weighted by atomic mass is 16.5. The first kappa shape index (κ1) is 14.4. The smallest absolute Gasteiger partial charge is 0.260 e. The summed E-state index contributed by atoms with van der Waals surface area (Å²) in [5, 5.41) is 0. The summed E-state index contributed by atoms with van der Waals surface area (Å²) in [5.74, 6) is 1.45. The van der Waals surface area contributed by atoms with Crippen molar-refractivity contribution in [1.29, 1.82) is 0 Å². The molecule has 116 valence electrons. The number of nitrogens with zero attached hydrogens (tertiary/aromatic N) is 3. The van der Waals surface area contributed by atoms with Gasteiger partial charge in [-0.1, -0.05) is 0 Å². The van der Waals surface area contributed by atoms with Crippen LogP contribution in [-0.4, -0.2) is 40.1 Å². The summed E-state index contributed by atoms with van der Waals surface area (Å²) < 4.78 is 13.0. The topological polar surface area (TPSA) is 56.6 Å². The lowest BCUT2D eigenvalue weighted by Crippen LogP contribution is -2.40. The maximum absolute atomic E-state index is 12.2. The van der Waals surface area contributed by atoms with E-state index >= 15 is 0 Å². The number of imidazole rings is 1. The Hall–Kier alpha value is -2.50. The van der Waals surface area contributed by atoms with Gasteiger partial charge in [0.05, 0.1) is 25.2 Å². The van der Waals surface area contributed by atoms with Gasteiger partial charge in [0.2, 0.25) is 0 Å². The molecule has 0 bridgehead atoms. The molecule has 1 aliphatic heterocycles. The standard InChI is InChI=1S/C16H19N3O3/c1-2-21-14-3-5-15(6-4-14)22-11-16(20)18-7-8-19-12-17-9-13(19)10-18/h3-6,9,12H,2,7-8,10-11H2,1H3. The summed E-state index contributed by atoms with van der Waals surface area (Å²) in [4.78, 5) is 18.1. The number of hydrogen-bond acceptors (Lipinski definition) is 4. The highest BCUT2D eigenvalue weighted by Crippen LogP contribution is 2.18. The fourth-order valence-corrected chi connectivity index (χ4v) is 2.43. The molecule has 2 aromatic rings. The number of aromatic nitrogens is 2. The number of amides is 1. The van der Waals surface area contributed by atoms with Crippen molar-refractivity contribution in [3.05, 3.63) is 42.5 Å². The van der Waals surface area contributed by atoms with Crippen molar-refractivity contribution >= 4 is 5.91 Å². The van der Waals surface area contributed by atoms with Gasteiger partial charge in [-0.05, 0) is 31.2 Å². The summed E-state index contributed by atoms with van der Waals surface area (Å²) in [7, 11) is 0. The van der Waals surface area contributed by atoms with E-state index in [4.69, 9.17) is 9.47 Å². The number of hydrogen-bond donors (Lipinski definition) is 0. The van der Waals surface area contributed by atoms with Gasteiger partial charge in [0.15, 0.2) is 6.61 Å². The van der Waals surface area contributed by atoms with Crippen molar-refractivity contribution in [2.75, 3.05) is 19.8 Å². The normalized spacial score (nSPS) is 13.6. The second-order valence-electron chi connectivity index (χ2n) is 5.09. The third-order valence-electron chi connectivity index (χ3n) is 3.61. The molecule has 1 amide bonds. The highest BCUT2D eigenvalue weighted by Gasteiger charge is 2.20. The quantitative estimate of drug-likeness (QED) is 0.843. The van der Waals surface area contributed by atoms with E-state index in [2.05, 4.69) is 9.55 Å². The molecule has 0 aliphatic carbocycles. The predicted molar refractivity (Wildman–Crippen MR) is 80.8 cm³/mol. The van der Waals surface area contributed by atoms with E-state index in [1.165, 1.54) is 0 Å². The molecule has 3 rings (SSSR count). The van der Waals surface area contributed by atoms with E-state index in [0.717, 1.165) is 18.0 Å². The van der Waals surface area contributed by atoms with E-state index in [-0.39, 0.29) is 12.5 Å². The monoisotopic (exact) mass is 301 g/mol. The molecule has 0 fully saturated rings. The first-order valence-corrected chi connectivity index (χ1v) is 7.38.